The lowest BCUT2D eigenvalue weighted by molar-refractivity contribution is -0.113. The van der Waals surface area contributed by atoms with Crippen molar-refractivity contribution in [3.8, 4) is 0 Å². The predicted octanol–water partition coefficient (Wildman–Crippen LogP) is 2.12. The largest absolute Gasteiger partial charge is 0.478 e. The molecule has 0 atom stereocenters. The SMILES string of the molecule is Cc1cc(C(=O)O)ccc1NC(=O)CSC1CCNCC1. The van der Waals surface area contributed by atoms with Crippen LogP contribution in [0.3, 0.4) is 0 Å². The van der Waals surface area contributed by atoms with Crippen molar-refractivity contribution in [3.63, 3.8) is 0 Å². The van der Waals surface area contributed by atoms with Crippen LogP contribution in [0.5, 0.6) is 0 Å². The van der Waals surface area contributed by atoms with Crippen molar-refractivity contribution in [3.05, 3.63) is 29.3 Å². The number of hydrogen-bond acceptors (Lipinski definition) is 4. The number of aromatic carboxylic acids is 1. The molecule has 1 aromatic carbocycles. The van der Waals surface area contributed by atoms with Crippen molar-refractivity contribution >= 4 is 29.3 Å². The number of piperidine rings is 1. The number of carbonyl (C=O) groups is 2. The lowest BCUT2D eigenvalue weighted by Crippen LogP contribution is -2.30. The van der Waals surface area contributed by atoms with Crippen molar-refractivity contribution in [2.24, 2.45) is 0 Å². The predicted molar refractivity (Wildman–Crippen MR) is 85.1 cm³/mol. The molecule has 1 aliphatic heterocycles. The van der Waals surface area contributed by atoms with Crippen molar-refractivity contribution in [1.82, 2.24) is 5.32 Å². The molecule has 1 aliphatic rings. The fourth-order valence-corrected chi connectivity index (χ4v) is 3.31. The van der Waals surface area contributed by atoms with E-state index < -0.39 is 5.97 Å². The molecule has 1 saturated heterocycles. The first kappa shape index (κ1) is 15.9. The highest BCUT2D eigenvalue weighted by Gasteiger charge is 2.15. The Kier molecular flexibility index (Phi) is 5.64. The molecule has 0 aromatic heterocycles. The van der Waals surface area contributed by atoms with Gasteiger partial charge in [0.2, 0.25) is 5.91 Å². The van der Waals surface area contributed by atoms with Crippen molar-refractivity contribution in [1.29, 1.82) is 0 Å². The second kappa shape index (κ2) is 7.47. The van der Waals surface area contributed by atoms with E-state index in [1.165, 1.54) is 6.07 Å². The van der Waals surface area contributed by atoms with Gasteiger partial charge in [-0.1, -0.05) is 0 Å². The number of thioether (sulfide) groups is 1. The van der Waals surface area contributed by atoms with Crippen LogP contribution < -0.4 is 10.6 Å². The number of carbonyl (C=O) groups excluding carboxylic acids is 1. The average molecular weight is 308 g/mol. The normalized spacial score (nSPS) is 15.7. The molecule has 0 spiro atoms. The maximum Gasteiger partial charge on any atom is 0.335 e. The molecule has 1 aromatic rings. The van der Waals surface area contributed by atoms with Gasteiger partial charge in [0, 0.05) is 10.9 Å². The second-order valence-corrected chi connectivity index (χ2v) is 6.43. The molecule has 0 unspecified atom stereocenters. The van der Waals surface area contributed by atoms with Gasteiger partial charge in [-0.3, -0.25) is 4.79 Å². The summed E-state index contributed by atoms with van der Waals surface area (Å²) in [6.07, 6.45) is 2.20. The summed E-state index contributed by atoms with van der Waals surface area (Å²) in [6, 6.07) is 4.72. The molecule has 3 N–H and O–H groups in total. The zero-order valence-electron chi connectivity index (χ0n) is 12.0. The molecular formula is C15H20N2O3S. The van der Waals surface area contributed by atoms with Crippen LogP contribution in [0.2, 0.25) is 0 Å². The number of anilines is 1. The minimum absolute atomic E-state index is 0.0373. The van der Waals surface area contributed by atoms with Gasteiger partial charge in [-0.05, 0) is 56.6 Å². The number of aryl methyl sites for hydroxylation is 1. The number of carboxylic acid groups (broad SMARTS) is 1. The van der Waals surface area contributed by atoms with Crippen LogP contribution in [-0.2, 0) is 4.79 Å². The van der Waals surface area contributed by atoms with Gasteiger partial charge in [0.05, 0.1) is 11.3 Å². The summed E-state index contributed by atoms with van der Waals surface area (Å²) in [4.78, 5) is 22.8. The van der Waals surface area contributed by atoms with Crippen LogP contribution in [0.1, 0.15) is 28.8 Å². The number of amides is 1. The summed E-state index contributed by atoms with van der Waals surface area (Å²) in [5, 5.41) is 15.6. The van der Waals surface area contributed by atoms with Gasteiger partial charge in [0.1, 0.15) is 0 Å². The minimum atomic E-state index is -0.961. The Labute approximate surface area is 128 Å². The third kappa shape index (κ3) is 4.75. The number of carboxylic acids is 1. The number of hydrogen-bond donors (Lipinski definition) is 3. The quantitative estimate of drug-likeness (QED) is 0.776. The van der Waals surface area contributed by atoms with Crippen molar-refractivity contribution in [2.75, 3.05) is 24.2 Å². The molecule has 0 saturated carbocycles. The van der Waals surface area contributed by atoms with E-state index in [0.29, 0.717) is 16.7 Å². The topological polar surface area (TPSA) is 78.4 Å². The fourth-order valence-electron chi connectivity index (χ4n) is 2.28. The third-order valence-electron chi connectivity index (χ3n) is 3.48. The zero-order chi connectivity index (χ0) is 15.2. The number of benzene rings is 1. The summed E-state index contributed by atoms with van der Waals surface area (Å²) in [5.74, 6) is -0.563. The molecule has 1 fully saturated rings. The molecule has 5 nitrogen and oxygen atoms in total. The van der Waals surface area contributed by atoms with Gasteiger partial charge in [-0.15, -0.1) is 11.8 Å². The molecule has 1 amide bonds. The van der Waals surface area contributed by atoms with Gasteiger partial charge >= 0.3 is 5.97 Å². The first-order valence-electron chi connectivity index (χ1n) is 7.02. The van der Waals surface area contributed by atoms with Gasteiger partial charge in [0.15, 0.2) is 0 Å². The number of rotatable bonds is 5. The molecule has 6 heteroatoms. The standard InChI is InChI=1S/C15H20N2O3S/c1-10-8-11(15(19)20)2-3-13(10)17-14(18)9-21-12-4-6-16-7-5-12/h2-3,8,12,16H,4-7,9H2,1H3,(H,17,18)(H,19,20). The monoisotopic (exact) mass is 308 g/mol. The highest BCUT2D eigenvalue weighted by atomic mass is 32.2. The van der Waals surface area contributed by atoms with Gasteiger partial charge < -0.3 is 15.7 Å². The van der Waals surface area contributed by atoms with E-state index in [0.717, 1.165) is 31.5 Å². The third-order valence-corrected chi connectivity index (χ3v) is 4.86. The molecule has 2 rings (SSSR count). The summed E-state index contributed by atoms with van der Waals surface area (Å²) < 4.78 is 0. The summed E-state index contributed by atoms with van der Waals surface area (Å²) >= 11 is 1.69. The molecule has 1 heterocycles. The Morgan fingerprint density at radius 3 is 2.71 bits per heavy atom. The highest BCUT2D eigenvalue weighted by Crippen LogP contribution is 2.21. The van der Waals surface area contributed by atoms with E-state index in [9.17, 15) is 9.59 Å². The van der Waals surface area contributed by atoms with E-state index in [1.54, 1.807) is 30.8 Å². The maximum atomic E-state index is 12.0. The fraction of sp³-hybridized carbons (Fsp3) is 0.467. The van der Waals surface area contributed by atoms with Gasteiger partial charge in [-0.25, -0.2) is 4.79 Å². The van der Waals surface area contributed by atoms with E-state index in [1.807, 2.05) is 0 Å². The van der Waals surface area contributed by atoms with Crippen LogP contribution in [0.15, 0.2) is 18.2 Å². The van der Waals surface area contributed by atoms with Crippen LogP contribution in [0.4, 0.5) is 5.69 Å². The molecule has 114 valence electrons. The van der Waals surface area contributed by atoms with E-state index in [4.69, 9.17) is 5.11 Å². The van der Waals surface area contributed by atoms with Crippen LogP contribution in [0.25, 0.3) is 0 Å². The minimum Gasteiger partial charge on any atom is -0.478 e. The molecule has 0 radical (unpaired) electrons. The first-order valence-corrected chi connectivity index (χ1v) is 8.07. The number of nitrogens with one attached hydrogen (secondary N) is 2. The van der Waals surface area contributed by atoms with E-state index in [-0.39, 0.29) is 11.5 Å². The Hall–Kier alpha value is -1.53. The van der Waals surface area contributed by atoms with Crippen LogP contribution in [-0.4, -0.2) is 41.1 Å². The lowest BCUT2D eigenvalue weighted by Gasteiger charge is -2.21. The van der Waals surface area contributed by atoms with E-state index in [2.05, 4.69) is 10.6 Å². The Balaban J connectivity index is 1.85. The molecule has 21 heavy (non-hydrogen) atoms. The van der Waals surface area contributed by atoms with Crippen molar-refractivity contribution < 1.29 is 14.7 Å². The Morgan fingerprint density at radius 2 is 2.10 bits per heavy atom. The van der Waals surface area contributed by atoms with Crippen LogP contribution in [0, 0.1) is 6.92 Å². The summed E-state index contributed by atoms with van der Waals surface area (Å²) in [6.45, 7) is 3.84. The van der Waals surface area contributed by atoms with Crippen LogP contribution >= 0.6 is 11.8 Å². The van der Waals surface area contributed by atoms with Gasteiger partial charge in [-0.2, -0.15) is 0 Å². The average Bonchev–Trinajstić information content (AvgIpc) is 2.48. The molecule has 0 aliphatic carbocycles. The van der Waals surface area contributed by atoms with Gasteiger partial charge in [0.25, 0.3) is 0 Å². The Morgan fingerprint density at radius 1 is 1.38 bits per heavy atom. The van der Waals surface area contributed by atoms with E-state index >= 15 is 0 Å². The van der Waals surface area contributed by atoms with Crippen molar-refractivity contribution in [2.45, 2.75) is 25.0 Å². The summed E-state index contributed by atoms with van der Waals surface area (Å²) in [5.41, 5.74) is 1.67. The highest BCUT2D eigenvalue weighted by molar-refractivity contribution is 8.00. The Bertz CT molecular complexity index is 528. The molecular weight excluding hydrogens is 288 g/mol. The zero-order valence-corrected chi connectivity index (χ0v) is 12.8. The second-order valence-electron chi connectivity index (χ2n) is 5.14. The molecule has 0 bridgehead atoms. The summed E-state index contributed by atoms with van der Waals surface area (Å²) in [7, 11) is 0. The maximum absolute atomic E-state index is 12.0. The smallest absolute Gasteiger partial charge is 0.335 e. The first-order chi connectivity index (χ1) is 10.1. The lowest BCUT2D eigenvalue weighted by atomic mass is 10.1.